The van der Waals surface area contributed by atoms with Crippen LogP contribution in [0.1, 0.15) is 22.3 Å². The van der Waals surface area contributed by atoms with Crippen LogP contribution in [0, 0.1) is 18.3 Å². The second kappa shape index (κ2) is 9.92. The molecule has 0 saturated heterocycles. The van der Waals surface area contributed by atoms with Gasteiger partial charge in [0.1, 0.15) is 11.6 Å². The molecule has 0 bridgehead atoms. The summed E-state index contributed by atoms with van der Waals surface area (Å²) < 4.78 is 0. The number of anilines is 1. The van der Waals surface area contributed by atoms with Gasteiger partial charge in [-0.05, 0) is 70.6 Å². The maximum Gasteiger partial charge on any atom is 0.266 e. The summed E-state index contributed by atoms with van der Waals surface area (Å²) in [5, 5.41) is 15.8. The van der Waals surface area contributed by atoms with Crippen LogP contribution in [-0.2, 0) is 11.2 Å². The largest absolute Gasteiger partial charge is 0.321 e. The lowest BCUT2D eigenvalue weighted by Crippen LogP contribution is -2.14. The summed E-state index contributed by atoms with van der Waals surface area (Å²) in [4.78, 5) is 13.0. The number of amides is 1. The van der Waals surface area contributed by atoms with Gasteiger partial charge in [-0.3, -0.25) is 4.79 Å². The van der Waals surface area contributed by atoms with Gasteiger partial charge in [0.05, 0.1) is 0 Å². The summed E-state index contributed by atoms with van der Waals surface area (Å²) in [6.45, 7) is 1.87. The average Bonchev–Trinajstić information content (AvgIpc) is 2.82. The molecular formula is C28H20Cl2N2O. The molecule has 0 fully saturated rings. The molecule has 33 heavy (non-hydrogen) atoms. The number of halogens is 2. The number of aryl methyl sites for hydroxylation is 1. The molecule has 0 aliphatic carbocycles. The molecule has 5 heteroatoms. The van der Waals surface area contributed by atoms with E-state index in [1.807, 2.05) is 73.7 Å². The second-order valence-corrected chi connectivity index (χ2v) is 8.55. The number of carbonyl (C=O) groups excluding carboxylic acids is 1. The van der Waals surface area contributed by atoms with E-state index < -0.39 is 5.91 Å². The normalized spacial score (nSPS) is 11.3. The molecule has 0 radical (unpaired) electrons. The molecule has 0 aliphatic heterocycles. The quantitative estimate of drug-likeness (QED) is 0.241. The Hall–Kier alpha value is -3.58. The first kappa shape index (κ1) is 22.6. The van der Waals surface area contributed by atoms with E-state index in [4.69, 9.17) is 23.2 Å². The van der Waals surface area contributed by atoms with Crippen LogP contribution in [0.2, 0.25) is 10.0 Å². The van der Waals surface area contributed by atoms with Gasteiger partial charge in [0.2, 0.25) is 0 Å². The monoisotopic (exact) mass is 470 g/mol. The van der Waals surface area contributed by atoms with Crippen molar-refractivity contribution in [3.63, 3.8) is 0 Å². The van der Waals surface area contributed by atoms with Crippen molar-refractivity contribution in [2.75, 3.05) is 5.32 Å². The Kier molecular flexibility index (Phi) is 6.79. The molecule has 4 rings (SSSR count). The van der Waals surface area contributed by atoms with Crippen LogP contribution in [0.3, 0.4) is 0 Å². The summed E-state index contributed by atoms with van der Waals surface area (Å²) in [5.41, 5.74) is 4.20. The molecule has 0 spiro atoms. The van der Waals surface area contributed by atoms with Crippen molar-refractivity contribution in [2.45, 2.75) is 13.3 Å². The van der Waals surface area contributed by atoms with E-state index in [1.54, 1.807) is 18.2 Å². The smallest absolute Gasteiger partial charge is 0.266 e. The summed E-state index contributed by atoms with van der Waals surface area (Å²) >= 11 is 12.5. The first-order chi connectivity index (χ1) is 16.0. The van der Waals surface area contributed by atoms with Gasteiger partial charge in [-0.2, -0.15) is 5.26 Å². The lowest BCUT2D eigenvalue weighted by Gasteiger charge is -2.13. The van der Waals surface area contributed by atoms with Gasteiger partial charge < -0.3 is 5.32 Å². The van der Waals surface area contributed by atoms with Crippen LogP contribution in [0.5, 0.6) is 0 Å². The second-order valence-electron chi connectivity index (χ2n) is 7.71. The highest BCUT2D eigenvalue weighted by molar-refractivity contribution is 6.31. The van der Waals surface area contributed by atoms with Crippen molar-refractivity contribution in [2.24, 2.45) is 0 Å². The topological polar surface area (TPSA) is 52.9 Å². The molecule has 4 aromatic rings. The van der Waals surface area contributed by atoms with Crippen LogP contribution in [0.4, 0.5) is 5.69 Å². The van der Waals surface area contributed by atoms with Crippen LogP contribution >= 0.6 is 23.2 Å². The molecular weight excluding hydrogens is 451 g/mol. The first-order valence-electron chi connectivity index (χ1n) is 10.4. The van der Waals surface area contributed by atoms with Crippen LogP contribution in [0.15, 0.2) is 84.4 Å². The summed E-state index contributed by atoms with van der Waals surface area (Å²) in [6, 6.07) is 26.9. The molecule has 0 unspecified atom stereocenters. The maximum atomic E-state index is 13.0. The van der Waals surface area contributed by atoms with E-state index in [-0.39, 0.29) is 5.57 Å². The van der Waals surface area contributed by atoms with Crippen LogP contribution < -0.4 is 5.32 Å². The Morgan fingerprint density at radius 1 is 0.970 bits per heavy atom. The number of nitrogens with one attached hydrogen (secondary N) is 1. The van der Waals surface area contributed by atoms with Gasteiger partial charge in [-0.25, -0.2) is 0 Å². The number of fused-ring (bicyclic) bond motifs is 1. The fraction of sp³-hybridized carbons (Fsp3) is 0.0714. The molecule has 0 atom stereocenters. The third kappa shape index (κ3) is 5.09. The zero-order chi connectivity index (χ0) is 23.4. The van der Waals surface area contributed by atoms with Crippen LogP contribution in [-0.4, -0.2) is 5.91 Å². The van der Waals surface area contributed by atoms with Crippen molar-refractivity contribution in [3.05, 3.63) is 117 Å². The minimum atomic E-state index is -0.487. The van der Waals surface area contributed by atoms with E-state index in [9.17, 15) is 10.1 Å². The minimum Gasteiger partial charge on any atom is -0.321 e. The number of rotatable bonds is 5. The van der Waals surface area contributed by atoms with E-state index >= 15 is 0 Å². The highest BCUT2D eigenvalue weighted by Gasteiger charge is 2.15. The molecule has 4 aromatic carbocycles. The predicted octanol–water partition coefficient (Wildman–Crippen LogP) is 7.59. The lowest BCUT2D eigenvalue weighted by molar-refractivity contribution is -0.112. The van der Waals surface area contributed by atoms with E-state index in [1.165, 1.54) is 0 Å². The maximum absolute atomic E-state index is 13.0. The Morgan fingerprint density at radius 3 is 2.52 bits per heavy atom. The molecule has 162 valence electrons. The average molecular weight is 471 g/mol. The Bertz CT molecular complexity index is 1430. The molecule has 0 aromatic heterocycles. The molecule has 3 nitrogen and oxygen atoms in total. The number of nitriles is 1. The Labute approximate surface area is 202 Å². The van der Waals surface area contributed by atoms with Crippen molar-refractivity contribution in [1.82, 2.24) is 0 Å². The molecule has 1 amide bonds. The first-order valence-corrected chi connectivity index (χ1v) is 11.1. The molecule has 0 aliphatic rings. The SMILES string of the molecule is Cc1ccc(Cl)cc1NC(=O)/C(C#N)=C/c1c(Cc2ccccc2Cl)ccc2ccccc12. The predicted molar refractivity (Wildman–Crippen MR) is 137 cm³/mol. The van der Waals surface area contributed by atoms with Gasteiger partial charge in [0, 0.05) is 15.7 Å². The van der Waals surface area contributed by atoms with Gasteiger partial charge in [-0.1, -0.05) is 83.9 Å². The standard InChI is InChI=1S/C28H20Cl2N2O/c1-18-10-13-23(29)16-27(18)32-28(33)22(17-31)15-25-20(14-21-7-3-5-9-26(21)30)12-11-19-6-2-4-8-24(19)25/h2-13,15-16H,14H2,1H3,(H,32,33)/b22-15+. The fourth-order valence-electron chi connectivity index (χ4n) is 3.72. The molecule has 1 N–H and O–H groups in total. The van der Waals surface area contributed by atoms with Gasteiger partial charge in [0.15, 0.2) is 0 Å². The van der Waals surface area contributed by atoms with Crippen LogP contribution in [0.25, 0.3) is 16.8 Å². The van der Waals surface area contributed by atoms with E-state index in [0.29, 0.717) is 22.2 Å². The zero-order valence-electron chi connectivity index (χ0n) is 17.9. The number of hydrogen-bond acceptors (Lipinski definition) is 2. The Morgan fingerprint density at radius 2 is 1.73 bits per heavy atom. The molecule has 0 heterocycles. The number of benzene rings is 4. The lowest BCUT2D eigenvalue weighted by atomic mass is 9.93. The van der Waals surface area contributed by atoms with Gasteiger partial charge >= 0.3 is 0 Å². The molecule has 0 saturated carbocycles. The van der Waals surface area contributed by atoms with Gasteiger partial charge in [0.25, 0.3) is 5.91 Å². The van der Waals surface area contributed by atoms with Crippen molar-refractivity contribution >= 4 is 51.6 Å². The zero-order valence-corrected chi connectivity index (χ0v) is 19.4. The van der Waals surface area contributed by atoms with Crippen molar-refractivity contribution in [3.8, 4) is 6.07 Å². The summed E-state index contributed by atoms with van der Waals surface area (Å²) in [5.74, 6) is -0.487. The third-order valence-corrected chi connectivity index (χ3v) is 6.11. The van der Waals surface area contributed by atoms with E-state index in [0.717, 1.165) is 33.0 Å². The van der Waals surface area contributed by atoms with E-state index in [2.05, 4.69) is 11.4 Å². The number of nitrogens with zero attached hydrogens (tertiary/aromatic N) is 1. The summed E-state index contributed by atoms with van der Waals surface area (Å²) in [6.07, 6.45) is 2.23. The van der Waals surface area contributed by atoms with Gasteiger partial charge in [-0.15, -0.1) is 0 Å². The van der Waals surface area contributed by atoms with Crippen molar-refractivity contribution in [1.29, 1.82) is 5.26 Å². The van der Waals surface area contributed by atoms with Crippen molar-refractivity contribution < 1.29 is 4.79 Å². The number of hydrogen-bond donors (Lipinski definition) is 1. The Balaban J connectivity index is 1.79. The number of carbonyl (C=O) groups is 1. The highest BCUT2D eigenvalue weighted by atomic mass is 35.5. The highest BCUT2D eigenvalue weighted by Crippen LogP contribution is 2.29. The third-order valence-electron chi connectivity index (χ3n) is 5.50. The minimum absolute atomic E-state index is 0.00568. The summed E-state index contributed by atoms with van der Waals surface area (Å²) in [7, 11) is 0. The fourth-order valence-corrected chi connectivity index (χ4v) is 4.10.